The Morgan fingerprint density at radius 1 is 1.23 bits per heavy atom. The van der Waals surface area contributed by atoms with Crippen LogP contribution < -0.4 is 10.1 Å². The number of aromatic nitrogens is 1. The molecule has 0 radical (unpaired) electrons. The van der Waals surface area contributed by atoms with E-state index in [1.54, 1.807) is 6.92 Å². The number of carbonyl (C=O) groups excluding carboxylic acids is 2. The van der Waals surface area contributed by atoms with Crippen LogP contribution in [-0.4, -0.2) is 27.9 Å². The first-order chi connectivity index (χ1) is 10.5. The number of fused-ring (bicyclic) bond motifs is 1. The molecule has 2 amide bonds. The van der Waals surface area contributed by atoms with Gasteiger partial charge in [-0.15, -0.1) is 0 Å². The number of aromatic carboxylic acids is 1. The summed E-state index contributed by atoms with van der Waals surface area (Å²) < 4.78 is 5.52. The molecule has 0 saturated heterocycles. The molecule has 0 spiro atoms. The molecule has 2 N–H and O–H groups in total. The number of aryl methyl sites for hydroxylation is 1. The molecule has 3 rings (SSSR count). The Hall–Kier alpha value is -3.22. The van der Waals surface area contributed by atoms with E-state index in [9.17, 15) is 14.4 Å². The molecule has 110 valence electrons. The monoisotopic (exact) mass is 298 g/mol. The average molecular weight is 298 g/mol. The van der Waals surface area contributed by atoms with Gasteiger partial charge in [-0.2, -0.15) is 0 Å². The number of carbonyl (C=O) groups is 3. The number of benzene rings is 1. The highest BCUT2D eigenvalue weighted by Gasteiger charge is 2.32. The molecule has 0 unspecified atom stereocenters. The lowest BCUT2D eigenvalue weighted by Crippen LogP contribution is -2.20. The van der Waals surface area contributed by atoms with E-state index < -0.39 is 17.8 Å². The van der Waals surface area contributed by atoms with Gasteiger partial charge in [0.15, 0.2) is 0 Å². The molecule has 1 aromatic carbocycles. The molecule has 0 bridgehead atoms. The number of amides is 2. The van der Waals surface area contributed by atoms with Crippen molar-refractivity contribution in [3.63, 3.8) is 0 Å². The van der Waals surface area contributed by atoms with Crippen LogP contribution in [0.1, 0.15) is 36.8 Å². The molecule has 2 aromatic rings. The summed E-state index contributed by atoms with van der Waals surface area (Å²) in [5.41, 5.74) is 0.800. The van der Waals surface area contributed by atoms with E-state index in [0.717, 1.165) is 0 Å². The first-order valence-corrected chi connectivity index (χ1v) is 6.34. The van der Waals surface area contributed by atoms with Gasteiger partial charge in [0.05, 0.1) is 11.1 Å². The third-order valence-electron chi connectivity index (χ3n) is 3.11. The molecule has 1 aromatic heterocycles. The van der Waals surface area contributed by atoms with Gasteiger partial charge in [0.1, 0.15) is 11.3 Å². The van der Waals surface area contributed by atoms with Crippen molar-refractivity contribution in [3.8, 4) is 11.6 Å². The molecule has 7 nitrogen and oxygen atoms in total. The first-order valence-electron chi connectivity index (χ1n) is 6.34. The highest BCUT2D eigenvalue weighted by atomic mass is 16.5. The van der Waals surface area contributed by atoms with Crippen LogP contribution in [0.4, 0.5) is 0 Å². The normalized spacial score (nSPS) is 12.8. The summed E-state index contributed by atoms with van der Waals surface area (Å²) in [5.74, 6) is -2.00. The molecular formula is C15H10N2O5. The van der Waals surface area contributed by atoms with Gasteiger partial charge in [-0.1, -0.05) is 6.07 Å². The van der Waals surface area contributed by atoms with E-state index in [4.69, 9.17) is 9.84 Å². The fourth-order valence-electron chi connectivity index (χ4n) is 2.15. The van der Waals surface area contributed by atoms with Crippen LogP contribution in [0.25, 0.3) is 0 Å². The molecule has 1 aliphatic rings. The van der Waals surface area contributed by atoms with E-state index in [0.29, 0.717) is 5.69 Å². The van der Waals surface area contributed by atoms with Crippen LogP contribution in [0.15, 0.2) is 30.3 Å². The van der Waals surface area contributed by atoms with Gasteiger partial charge in [-0.05, 0) is 31.2 Å². The largest absolute Gasteiger partial charge is 0.478 e. The average Bonchev–Trinajstić information content (AvgIpc) is 2.74. The van der Waals surface area contributed by atoms with Crippen molar-refractivity contribution in [2.24, 2.45) is 0 Å². The Morgan fingerprint density at radius 3 is 2.73 bits per heavy atom. The van der Waals surface area contributed by atoms with Gasteiger partial charge >= 0.3 is 5.97 Å². The minimum Gasteiger partial charge on any atom is -0.478 e. The smallest absolute Gasteiger partial charge is 0.335 e. The number of carboxylic acid groups (broad SMARTS) is 1. The molecule has 1 aliphatic heterocycles. The van der Waals surface area contributed by atoms with Crippen molar-refractivity contribution in [2.75, 3.05) is 0 Å². The SMILES string of the molecule is Cc1cc2c(c(Oc3cccc(C(=O)O)c3)n1)C(=O)NC2=O. The summed E-state index contributed by atoms with van der Waals surface area (Å²) in [6.45, 7) is 1.66. The third kappa shape index (κ3) is 2.28. The topological polar surface area (TPSA) is 106 Å². The molecular weight excluding hydrogens is 288 g/mol. The summed E-state index contributed by atoms with van der Waals surface area (Å²) in [5, 5.41) is 11.1. The standard InChI is InChI=1S/C15H10N2O5/c1-7-5-10-11(13(19)17-12(10)18)14(16-7)22-9-4-2-3-8(6-9)15(20)21/h2-6H,1H3,(H,20,21)(H,17,18,19). The molecule has 22 heavy (non-hydrogen) atoms. The van der Waals surface area contributed by atoms with Crippen LogP contribution in [0.2, 0.25) is 0 Å². The van der Waals surface area contributed by atoms with Crippen molar-refractivity contribution >= 4 is 17.8 Å². The number of ether oxygens (including phenoxy) is 1. The van der Waals surface area contributed by atoms with E-state index in [-0.39, 0.29) is 28.3 Å². The maximum atomic E-state index is 11.8. The zero-order valence-electron chi connectivity index (χ0n) is 11.4. The van der Waals surface area contributed by atoms with Gasteiger partial charge in [0, 0.05) is 5.69 Å². The highest BCUT2D eigenvalue weighted by molar-refractivity contribution is 6.22. The maximum absolute atomic E-state index is 11.8. The van der Waals surface area contributed by atoms with Gasteiger partial charge in [0.25, 0.3) is 11.8 Å². The van der Waals surface area contributed by atoms with Gasteiger partial charge in [-0.25, -0.2) is 9.78 Å². The molecule has 2 heterocycles. The van der Waals surface area contributed by atoms with E-state index in [1.165, 1.54) is 30.3 Å². The van der Waals surface area contributed by atoms with E-state index >= 15 is 0 Å². The number of imide groups is 1. The minimum absolute atomic E-state index is 0.0270. The summed E-state index contributed by atoms with van der Waals surface area (Å²) in [6, 6.07) is 7.28. The minimum atomic E-state index is -1.10. The van der Waals surface area contributed by atoms with E-state index in [2.05, 4.69) is 10.3 Å². The fraction of sp³-hybridized carbons (Fsp3) is 0.0667. The predicted molar refractivity (Wildman–Crippen MR) is 74.2 cm³/mol. The van der Waals surface area contributed by atoms with Crippen LogP contribution in [0.5, 0.6) is 11.6 Å². The van der Waals surface area contributed by atoms with Crippen molar-refractivity contribution in [1.29, 1.82) is 0 Å². The summed E-state index contributed by atoms with van der Waals surface area (Å²) >= 11 is 0. The fourth-order valence-corrected chi connectivity index (χ4v) is 2.15. The second-order valence-corrected chi connectivity index (χ2v) is 4.71. The summed E-state index contributed by atoms with van der Waals surface area (Å²) in [4.78, 5) is 38.6. The number of nitrogens with one attached hydrogen (secondary N) is 1. The second kappa shape index (κ2) is 4.96. The Kier molecular flexibility index (Phi) is 3.10. The highest BCUT2D eigenvalue weighted by Crippen LogP contribution is 2.29. The van der Waals surface area contributed by atoms with Gasteiger partial charge in [0.2, 0.25) is 5.88 Å². The van der Waals surface area contributed by atoms with Crippen LogP contribution in [-0.2, 0) is 0 Å². The van der Waals surface area contributed by atoms with Crippen LogP contribution in [0, 0.1) is 6.92 Å². The maximum Gasteiger partial charge on any atom is 0.335 e. The van der Waals surface area contributed by atoms with Crippen molar-refractivity contribution < 1.29 is 24.2 Å². The Bertz CT molecular complexity index is 829. The quantitative estimate of drug-likeness (QED) is 0.836. The third-order valence-corrected chi connectivity index (χ3v) is 3.11. The van der Waals surface area contributed by atoms with Crippen LogP contribution in [0.3, 0.4) is 0 Å². The zero-order chi connectivity index (χ0) is 15.9. The summed E-state index contributed by atoms with van der Waals surface area (Å²) in [7, 11) is 0. The Labute approximate surface area is 124 Å². The molecule has 0 saturated carbocycles. The molecule has 0 aliphatic carbocycles. The van der Waals surface area contributed by atoms with E-state index in [1.807, 2.05) is 0 Å². The molecule has 0 atom stereocenters. The lowest BCUT2D eigenvalue weighted by Gasteiger charge is -2.09. The lowest BCUT2D eigenvalue weighted by atomic mass is 10.1. The zero-order valence-corrected chi connectivity index (χ0v) is 11.4. The number of rotatable bonds is 3. The van der Waals surface area contributed by atoms with Crippen molar-refractivity contribution in [3.05, 3.63) is 52.7 Å². The molecule has 7 heteroatoms. The first kappa shape index (κ1) is 13.7. The van der Waals surface area contributed by atoms with Crippen LogP contribution >= 0.6 is 0 Å². The van der Waals surface area contributed by atoms with Gasteiger partial charge in [-0.3, -0.25) is 14.9 Å². The summed E-state index contributed by atoms with van der Waals surface area (Å²) in [6.07, 6.45) is 0. The lowest BCUT2D eigenvalue weighted by molar-refractivity contribution is 0.0695. The predicted octanol–water partition coefficient (Wildman–Crippen LogP) is 1.76. The van der Waals surface area contributed by atoms with Gasteiger partial charge < -0.3 is 9.84 Å². The number of nitrogens with zero attached hydrogens (tertiary/aromatic N) is 1. The van der Waals surface area contributed by atoms with Crippen molar-refractivity contribution in [1.82, 2.24) is 10.3 Å². The Morgan fingerprint density at radius 2 is 2.00 bits per heavy atom. The number of hydrogen-bond donors (Lipinski definition) is 2. The number of hydrogen-bond acceptors (Lipinski definition) is 5. The second-order valence-electron chi connectivity index (χ2n) is 4.71. The number of pyridine rings is 1. The van der Waals surface area contributed by atoms with Crippen molar-refractivity contribution in [2.45, 2.75) is 6.92 Å². The molecule has 0 fully saturated rings. The Balaban J connectivity index is 2.05. The number of carboxylic acids is 1.